The molecule has 0 saturated carbocycles. The maximum Gasteiger partial charge on any atom is 0.389 e. The van der Waals surface area contributed by atoms with Crippen molar-refractivity contribution in [2.75, 3.05) is 6.61 Å². The highest BCUT2D eigenvalue weighted by atomic mass is 79.9. The molecular formula is C12H14BrF3O2. The molecule has 0 aliphatic rings. The first kappa shape index (κ1) is 15.3. The van der Waals surface area contributed by atoms with Crippen molar-refractivity contribution in [2.24, 2.45) is 0 Å². The third-order valence-electron chi connectivity index (χ3n) is 2.28. The molecule has 0 aromatic heterocycles. The van der Waals surface area contributed by atoms with Crippen molar-refractivity contribution in [1.29, 1.82) is 0 Å². The van der Waals surface area contributed by atoms with E-state index in [1.54, 1.807) is 25.1 Å². The molecule has 1 N–H and O–H groups in total. The molecule has 6 heteroatoms. The summed E-state index contributed by atoms with van der Waals surface area (Å²) in [5.74, 6) is 0.412. The zero-order valence-electron chi connectivity index (χ0n) is 9.80. The Morgan fingerprint density at radius 3 is 2.61 bits per heavy atom. The van der Waals surface area contributed by atoms with Crippen molar-refractivity contribution in [3.05, 3.63) is 28.2 Å². The molecule has 0 fully saturated rings. The van der Waals surface area contributed by atoms with E-state index >= 15 is 0 Å². The van der Waals surface area contributed by atoms with Gasteiger partial charge >= 0.3 is 6.18 Å². The number of aliphatic hydroxyl groups is 1. The first-order valence-electron chi connectivity index (χ1n) is 5.46. The lowest BCUT2D eigenvalue weighted by Gasteiger charge is -2.14. The molecule has 0 unspecified atom stereocenters. The molecule has 0 saturated heterocycles. The standard InChI is InChI=1S/C12H14BrF3O2/c1-8(17)10-7-9(13)3-4-11(10)18-6-2-5-12(14,15)16/h3-4,7-8,17H,2,5-6H2,1H3/t8-/m0/s1. The fourth-order valence-electron chi connectivity index (χ4n) is 1.43. The van der Waals surface area contributed by atoms with Crippen LogP contribution in [0.25, 0.3) is 0 Å². The predicted molar refractivity (Wildman–Crippen MR) is 65.6 cm³/mol. The second-order valence-electron chi connectivity index (χ2n) is 3.93. The number of hydrogen-bond acceptors (Lipinski definition) is 2. The van der Waals surface area contributed by atoms with Crippen molar-refractivity contribution in [2.45, 2.75) is 32.0 Å². The maximum atomic E-state index is 11.9. The Hall–Kier alpha value is -0.750. The Morgan fingerprint density at radius 1 is 1.39 bits per heavy atom. The molecule has 1 aromatic rings. The highest BCUT2D eigenvalue weighted by Crippen LogP contribution is 2.29. The first-order valence-corrected chi connectivity index (χ1v) is 6.26. The number of hydrogen-bond donors (Lipinski definition) is 1. The van der Waals surface area contributed by atoms with Crippen LogP contribution in [0.2, 0.25) is 0 Å². The zero-order valence-corrected chi connectivity index (χ0v) is 11.4. The molecule has 1 rings (SSSR count). The Balaban J connectivity index is 2.57. The van der Waals surface area contributed by atoms with Crippen LogP contribution in [0.5, 0.6) is 5.75 Å². The van der Waals surface area contributed by atoms with Gasteiger partial charge in [-0.25, -0.2) is 0 Å². The van der Waals surface area contributed by atoms with Crippen molar-refractivity contribution >= 4 is 15.9 Å². The van der Waals surface area contributed by atoms with Gasteiger partial charge in [-0.05, 0) is 31.5 Å². The van der Waals surface area contributed by atoms with E-state index in [0.29, 0.717) is 11.3 Å². The summed E-state index contributed by atoms with van der Waals surface area (Å²) in [4.78, 5) is 0. The van der Waals surface area contributed by atoms with Gasteiger partial charge in [0.25, 0.3) is 0 Å². The van der Waals surface area contributed by atoms with E-state index in [-0.39, 0.29) is 13.0 Å². The number of rotatable bonds is 5. The van der Waals surface area contributed by atoms with Crippen LogP contribution in [0.15, 0.2) is 22.7 Å². The van der Waals surface area contributed by atoms with Gasteiger partial charge < -0.3 is 9.84 Å². The number of benzene rings is 1. The minimum atomic E-state index is -4.16. The SMILES string of the molecule is C[C@H](O)c1cc(Br)ccc1OCCCC(F)(F)F. The summed E-state index contributed by atoms with van der Waals surface area (Å²) in [6.07, 6.45) is -5.86. The Bertz CT molecular complexity index is 391. The quantitative estimate of drug-likeness (QED) is 0.821. The summed E-state index contributed by atoms with van der Waals surface area (Å²) in [7, 11) is 0. The summed E-state index contributed by atoms with van der Waals surface area (Å²) < 4.78 is 41.9. The molecular weight excluding hydrogens is 313 g/mol. The van der Waals surface area contributed by atoms with Crippen molar-refractivity contribution in [3.8, 4) is 5.75 Å². The molecule has 0 amide bonds. The summed E-state index contributed by atoms with van der Waals surface area (Å²) in [6.45, 7) is 1.55. The van der Waals surface area contributed by atoms with Crippen LogP contribution in [-0.4, -0.2) is 17.9 Å². The second kappa shape index (κ2) is 6.43. The first-order chi connectivity index (χ1) is 8.29. The Morgan fingerprint density at radius 2 is 2.06 bits per heavy atom. The van der Waals surface area contributed by atoms with Gasteiger partial charge in [0.2, 0.25) is 0 Å². The Labute approximate surface area is 112 Å². The topological polar surface area (TPSA) is 29.5 Å². The van der Waals surface area contributed by atoms with Crippen LogP contribution < -0.4 is 4.74 Å². The fourth-order valence-corrected chi connectivity index (χ4v) is 1.81. The predicted octanol–water partition coefficient (Wildman–Crippen LogP) is 4.22. The third kappa shape index (κ3) is 5.27. The van der Waals surface area contributed by atoms with Gasteiger partial charge in [0.15, 0.2) is 0 Å². The van der Waals surface area contributed by atoms with Gasteiger partial charge in [-0.1, -0.05) is 15.9 Å². The molecule has 0 radical (unpaired) electrons. The largest absolute Gasteiger partial charge is 0.493 e. The summed E-state index contributed by atoms with van der Waals surface area (Å²) >= 11 is 3.26. The van der Waals surface area contributed by atoms with Crippen LogP contribution in [0, 0.1) is 0 Å². The molecule has 102 valence electrons. The highest BCUT2D eigenvalue weighted by molar-refractivity contribution is 9.10. The lowest BCUT2D eigenvalue weighted by atomic mass is 10.1. The van der Waals surface area contributed by atoms with E-state index in [1.165, 1.54) is 0 Å². The van der Waals surface area contributed by atoms with Crippen LogP contribution in [0.4, 0.5) is 13.2 Å². The van der Waals surface area contributed by atoms with Crippen LogP contribution in [0.1, 0.15) is 31.4 Å². The van der Waals surface area contributed by atoms with E-state index in [0.717, 1.165) is 4.47 Å². The van der Waals surface area contributed by atoms with Gasteiger partial charge in [0.1, 0.15) is 5.75 Å². The van der Waals surface area contributed by atoms with Gasteiger partial charge in [-0.15, -0.1) is 0 Å². The molecule has 1 aromatic carbocycles. The van der Waals surface area contributed by atoms with Crippen LogP contribution in [-0.2, 0) is 0 Å². The summed E-state index contributed by atoms with van der Waals surface area (Å²) in [5.41, 5.74) is 0.552. The molecule has 2 nitrogen and oxygen atoms in total. The average Bonchev–Trinajstić information content (AvgIpc) is 2.24. The average molecular weight is 327 g/mol. The smallest absolute Gasteiger partial charge is 0.389 e. The van der Waals surface area contributed by atoms with Crippen molar-refractivity contribution in [1.82, 2.24) is 0 Å². The number of alkyl halides is 3. The zero-order chi connectivity index (χ0) is 13.8. The van der Waals surface area contributed by atoms with Gasteiger partial charge in [-0.3, -0.25) is 0 Å². The number of ether oxygens (including phenoxy) is 1. The summed E-state index contributed by atoms with van der Waals surface area (Å²) in [6, 6.07) is 5.02. The molecule has 0 aliphatic heterocycles. The molecule has 0 heterocycles. The Kier molecular flexibility index (Phi) is 5.47. The summed E-state index contributed by atoms with van der Waals surface area (Å²) in [5, 5.41) is 9.53. The second-order valence-corrected chi connectivity index (χ2v) is 4.84. The molecule has 0 aliphatic carbocycles. The van der Waals surface area contributed by atoms with E-state index in [4.69, 9.17) is 4.74 Å². The lowest BCUT2D eigenvalue weighted by Crippen LogP contribution is -2.10. The van der Waals surface area contributed by atoms with Crippen LogP contribution in [0.3, 0.4) is 0 Å². The maximum absolute atomic E-state index is 11.9. The van der Waals surface area contributed by atoms with E-state index < -0.39 is 18.7 Å². The van der Waals surface area contributed by atoms with E-state index in [9.17, 15) is 18.3 Å². The molecule has 0 bridgehead atoms. The van der Waals surface area contributed by atoms with E-state index in [1.807, 2.05) is 0 Å². The van der Waals surface area contributed by atoms with E-state index in [2.05, 4.69) is 15.9 Å². The minimum Gasteiger partial charge on any atom is -0.493 e. The van der Waals surface area contributed by atoms with Gasteiger partial charge in [-0.2, -0.15) is 13.2 Å². The number of halogens is 4. The molecule has 1 atom stereocenters. The van der Waals surface area contributed by atoms with Gasteiger partial charge in [0.05, 0.1) is 12.7 Å². The molecule has 18 heavy (non-hydrogen) atoms. The lowest BCUT2D eigenvalue weighted by molar-refractivity contribution is -0.136. The normalized spacial score (nSPS) is 13.4. The molecule has 0 spiro atoms. The van der Waals surface area contributed by atoms with Crippen molar-refractivity contribution < 1.29 is 23.0 Å². The van der Waals surface area contributed by atoms with Gasteiger partial charge in [0, 0.05) is 16.5 Å². The number of aliphatic hydroxyl groups excluding tert-OH is 1. The van der Waals surface area contributed by atoms with Crippen molar-refractivity contribution in [3.63, 3.8) is 0 Å². The van der Waals surface area contributed by atoms with Crippen LogP contribution >= 0.6 is 15.9 Å². The monoisotopic (exact) mass is 326 g/mol. The minimum absolute atomic E-state index is 0.0269. The third-order valence-corrected chi connectivity index (χ3v) is 2.78. The fraction of sp³-hybridized carbons (Fsp3) is 0.500. The highest BCUT2D eigenvalue weighted by Gasteiger charge is 2.26.